The largest absolute Gasteiger partial charge is 0.495 e. The number of piperidine rings is 1. The van der Waals surface area contributed by atoms with Crippen molar-refractivity contribution in [3.05, 3.63) is 11.8 Å². The van der Waals surface area contributed by atoms with Crippen LogP contribution in [0.2, 0.25) is 0 Å². The molecule has 0 spiro atoms. The molecule has 1 amide bonds. The average molecular weight is 512 g/mol. The van der Waals surface area contributed by atoms with Crippen molar-refractivity contribution in [3.63, 3.8) is 0 Å². The van der Waals surface area contributed by atoms with E-state index in [-0.39, 0.29) is 11.5 Å². The zero-order chi connectivity index (χ0) is 26.4. The van der Waals surface area contributed by atoms with Gasteiger partial charge >= 0.3 is 0 Å². The number of amides is 1. The van der Waals surface area contributed by atoms with Gasteiger partial charge in [0.2, 0.25) is 5.91 Å². The van der Waals surface area contributed by atoms with Crippen LogP contribution < -0.4 is 0 Å². The Kier molecular flexibility index (Phi) is 8.11. The lowest BCUT2D eigenvalue weighted by atomic mass is 9.45. The standard InChI is InChI=1S/C34H57NO2/c1-7-35-30-22-29(37-25-14-9-8-10-15-25)32-27-17-16-26(24(4)13-11-12-23(2)3)33(27,5)20-18-28(32)34(30,6)21-19-31(35)36/h14,23-24,26-30,32H,7-13,15-22H2,1-6H3/t24?,26?,27?,28?,29?,30?,32?,33-,34-/m1/s1. The van der Waals surface area contributed by atoms with Crippen LogP contribution in [-0.4, -0.2) is 29.5 Å². The van der Waals surface area contributed by atoms with E-state index in [1.807, 2.05) is 0 Å². The molecule has 3 saturated carbocycles. The van der Waals surface area contributed by atoms with E-state index in [1.54, 1.807) is 0 Å². The molecule has 0 radical (unpaired) electrons. The van der Waals surface area contributed by atoms with Gasteiger partial charge in [-0.25, -0.2) is 0 Å². The molecule has 4 aliphatic carbocycles. The lowest BCUT2D eigenvalue weighted by Gasteiger charge is -2.64. The second kappa shape index (κ2) is 10.9. The van der Waals surface area contributed by atoms with Crippen LogP contribution in [0.5, 0.6) is 0 Å². The maximum absolute atomic E-state index is 13.0. The molecule has 0 bridgehead atoms. The molecule has 0 aromatic heterocycles. The summed E-state index contributed by atoms with van der Waals surface area (Å²) in [5.41, 5.74) is 0.705. The van der Waals surface area contributed by atoms with Gasteiger partial charge in [-0.2, -0.15) is 0 Å². The fourth-order valence-corrected chi connectivity index (χ4v) is 10.6. The number of nitrogens with zero attached hydrogens (tertiary/aromatic N) is 1. The van der Waals surface area contributed by atoms with E-state index in [1.165, 1.54) is 70.0 Å². The maximum Gasteiger partial charge on any atom is 0.222 e. The second-order valence-electron chi connectivity index (χ2n) is 14.8. The summed E-state index contributed by atoms with van der Waals surface area (Å²) in [5, 5.41) is 0. The third kappa shape index (κ3) is 4.93. The third-order valence-corrected chi connectivity index (χ3v) is 12.5. The summed E-state index contributed by atoms with van der Waals surface area (Å²) in [6, 6.07) is 0.353. The van der Waals surface area contributed by atoms with E-state index >= 15 is 0 Å². The van der Waals surface area contributed by atoms with Crippen LogP contribution in [0.15, 0.2) is 11.8 Å². The van der Waals surface area contributed by atoms with Gasteiger partial charge < -0.3 is 9.64 Å². The fraction of sp³-hybridized carbons (Fsp3) is 0.912. The van der Waals surface area contributed by atoms with Crippen molar-refractivity contribution in [2.75, 3.05) is 6.54 Å². The summed E-state index contributed by atoms with van der Waals surface area (Å²) >= 11 is 0. The molecule has 0 N–H and O–H groups in total. The monoisotopic (exact) mass is 511 g/mol. The van der Waals surface area contributed by atoms with Crippen LogP contribution >= 0.6 is 0 Å². The van der Waals surface area contributed by atoms with Crippen molar-refractivity contribution in [2.45, 2.75) is 144 Å². The van der Waals surface area contributed by atoms with Crippen molar-refractivity contribution in [3.8, 4) is 0 Å². The summed E-state index contributed by atoms with van der Waals surface area (Å²) in [5.74, 6) is 6.30. The average Bonchev–Trinajstić information content (AvgIpc) is 3.22. The minimum absolute atomic E-state index is 0.248. The first-order valence-electron chi connectivity index (χ1n) is 16.3. The van der Waals surface area contributed by atoms with Gasteiger partial charge in [0.15, 0.2) is 0 Å². The first kappa shape index (κ1) is 27.6. The lowest BCUT2D eigenvalue weighted by Crippen LogP contribution is -2.65. The summed E-state index contributed by atoms with van der Waals surface area (Å²) in [7, 11) is 0. The molecule has 1 heterocycles. The van der Waals surface area contributed by atoms with Crippen LogP contribution in [0.1, 0.15) is 131 Å². The predicted molar refractivity (Wildman–Crippen MR) is 153 cm³/mol. The summed E-state index contributed by atoms with van der Waals surface area (Å²) in [6.45, 7) is 15.6. The van der Waals surface area contributed by atoms with E-state index in [4.69, 9.17) is 4.74 Å². The molecule has 7 unspecified atom stereocenters. The van der Waals surface area contributed by atoms with E-state index in [0.29, 0.717) is 29.2 Å². The normalized spacial score (nSPS) is 42.6. The number of ether oxygens (including phenoxy) is 1. The molecular formula is C34H57NO2. The molecule has 1 aliphatic heterocycles. The van der Waals surface area contributed by atoms with Crippen molar-refractivity contribution in [1.29, 1.82) is 0 Å². The Morgan fingerprint density at radius 3 is 2.49 bits per heavy atom. The summed E-state index contributed by atoms with van der Waals surface area (Å²) in [4.78, 5) is 15.3. The van der Waals surface area contributed by atoms with Gasteiger partial charge in [-0.1, -0.05) is 53.9 Å². The van der Waals surface area contributed by atoms with Crippen molar-refractivity contribution >= 4 is 5.91 Å². The number of rotatable bonds is 8. The molecule has 37 heavy (non-hydrogen) atoms. The molecule has 4 fully saturated rings. The topological polar surface area (TPSA) is 29.5 Å². The Morgan fingerprint density at radius 2 is 1.78 bits per heavy atom. The van der Waals surface area contributed by atoms with Gasteiger partial charge in [0, 0.05) is 37.8 Å². The summed E-state index contributed by atoms with van der Waals surface area (Å²) in [6.07, 6.45) is 20.1. The van der Waals surface area contributed by atoms with E-state index in [9.17, 15) is 4.79 Å². The Bertz CT molecular complexity index is 849. The van der Waals surface area contributed by atoms with Crippen molar-refractivity contribution in [1.82, 2.24) is 4.90 Å². The molecule has 1 saturated heterocycles. The van der Waals surface area contributed by atoms with E-state index < -0.39 is 0 Å². The minimum Gasteiger partial charge on any atom is -0.495 e. The highest BCUT2D eigenvalue weighted by Gasteiger charge is 2.64. The van der Waals surface area contributed by atoms with Gasteiger partial charge in [-0.15, -0.1) is 0 Å². The molecule has 3 nitrogen and oxygen atoms in total. The first-order valence-corrected chi connectivity index (χ1v) is 16.3. The molecule has 9 atom stereocenters. The third-order valence-electron chi connectivity index (χ3n) is 12.5. The number of allylic oxidation sites excluding steroid dienone is 2. The second-order valence-corrected chi connectivity index (χ2v) is 14.8. The van der Waals surface area contributed by atoms with Crippen LogP contribution in [0, 0.1) is 46.3 Å². The zero-order valence-corrected chi connectivity index (χ0v) is 25.1. The maximum atomic E-state index is 13.0. The number of hydrogen-bond donors (Lipinski definition) is 0. The smallest absolute Gasteiger partial charge is 0.222 e. The first-order chi connectivity index (χ1) is 17.7. The van der Waals surface area contributed by atoms with E-state index in [0.717, 1.165) is 55.9 Å². The SMILES string of the molecule is CCN1C(=O)CC[C@]2(C)C3CC[C@]4(C)C(C(C)CCCC(C)C)CCC4C3C(OC3=CCCCC3)CC12. The fourth-order valence-electron chi connectivity index (χ4n) is 10.6. The van der Waals surface area contributed by atoms with Crippen LogP contribution in [-0.2, 0) is 9.53 Å². The van der Waals surface area contributed by atoms with Crippen LogP contribution in [0.25, 0.3) is 0 Å². The number of carbonyl (C=O) groups is 1. The molecule has 210 valence electrons. The molecule has 0 aromatic rings. The lowest BCUT2D eigenvalue weighted by molar-refractivity contribution is -0.187. The Labute approximate surface area is 228 Å². The Balaban J connectivity index is 1.43. The Hall–Kier alpha value is -0.990. The quantitative estimate of drug-likeness (QED) is 0.326. The molecular weight excluding hydrogens is 454 g/mol. The highest BCUT2D eigenvalue weighted by molar-refractivity contribution is 5.77. The minimum atomic E-state index is 0.248. The molecule has 5 aliphatic rings. The molecule has 3 heteroatoms. The van der Waals surface area contributed by atoms with Gasteiger partial charge in [0.25, 0.3) is 0 Å². The number of fused-ring (bicyclic) bond motifs is 5. The van der Waals surface area contributed by atoms with Crippen LogP contribution in [0.4, 0.5) is 0 Å². The van der Waals surface area contributed by atoms with Gasteiger partial charge in [0.1, 0.15) is 6.10 Å². The van der Waals surface area contributed by atoms with Crippen molar-refractivity contribution in [2.24, 2.45) is 46.3 Å². The Morgan fingerprint density at radius 1 is 1.00 bits per heavy atom. The zero-order valence-electron chi connectivity index (χ0n) is 25.1. The number of carbonyl (C=O) groups excluding carboxylic acids is 1. The van der Waals surface area contributed by atoms with Gasteiger partial charge in [-0.05, 0) is 105 Å². The highest BCUT2D eigenvalue weighted by atomic mass is 16.5. The predicted octanol–water partition coefficient (Wildman–Crippen LogP) is 8.77. The van der Waals surface area contributed by atoms with Gasteiger partial charge in [-0.3, -0.25) is 4.79 Å². The van der Waals surface area contributed by atoms with Crippen molar-refractivity contribution < 1.29 is 9.53 Å². The van der Waals surface area contributed by atoms with E-state index in [2.05, 4.69) is 52.5 Å². The summed E-state index contributed by atoms with van der Waals surface area (Å²) < 4.78 is 7.09. The van der Waals surface area contributed by atoms with Crippen LogP contribution in [0.3, 0.4) is 0 Å². The van der Waals surface area contributed by atoms with Gasteiger partial charge in [0.05, 0.1) is 5.76 Å². The molecule has 5 rings (SSSR count). The highest BCUT2D eigenvalue weighted by Crippen LogP contribution is 2.68. The number of hydrogen-bond acceptors (Lipinski definition) is 2. The molecule has 0 aromatic carbocycles. The number of likely N-dealkylation sites (tertiary alicyclic amines) is 1.